The lowest BCUT2D eigenvalue weighted by atomic mass is 9.79. The van der Waals surface area contributed by atoms with Crippen molar-refractivity contribution in [1.29, 1.82) is 0 Å². The topological polar surface area (TPSA) is 496 Å². The maximum Gasteiger partial charge on any atom is 0.490 e. The van der Waals surface area contributed by atoms with Crippen LogP contribution in [0.1, 0.15) is 122 Å². The third kappa shape index (κ3) is 19.4. The third-order valence-electron chi connectivity index (χ3n) is 16.4. The molecule has 538 valence electrons. The van der Waals surface area contributed by atoms with E-state index in [2.05, 4.69) is 54.9 Å². The normalized spacial score (nSPS) is 18.6. The number of amides is 2. The van der Waals surface area contributed by atoms with Gasteiger partial charge < -0.3 is 45.6 Å². The molecule has 0 radical (unpaired) electrons. The Labute approximate surface area is 572 Å². The zero-order valence-electron chi connectivity index (χ0n) is 53.6. The van der Waals surface area contributed by atoms with E-state index >= 15 is 0 Å². The summed E-state index contributed by atoms with van der Waals surface area (Å²) in [5.74, 6) is 4.76. The van der Waals surface area contributed by atoms with Gasteiger partial charge in [-0.05, 0) is 123 Å². The number of phosphoric ester groups is 1. The van der Waals surface area contributed by atoms with Gasteiger partial charge in [-0.2, -0.15) is 43.4 Å². The minimum Gasteiger partial charge on any atom is -0.382 e. The van der Waals surface area contributed by atoms with Gasteiger partial charge in [-0.1, -0.05) is 61.4 Å². The van der Waals surface area contributed by atoms with Crippen molar-refractivity contribution in [2.45, 2.75) is 142 Å². The Morgan fingerprint density at radius 1 is 0.788 bits per heavy atom. The quantitative estimate of drug-likeness (QED) is 0.00231. The summed E-state index contributed by atoms with van der Waals surface area (Å²) in [5.41, 5.74) is 7.70. The standard InChI is InChI=1S/C59H72N7O26P3S4/c1-6-64-45-25-23-41-43(31-39(97(78,79)80)33-47(41)96-90-89-70)54(45)58(2,3)49(64)18-10-7-11-19-50-59(4,5)55-44-32-40(98(81,82)83)34-48(99(84,85)86)42(44)24-26-46(55)65(50)30-15-9-13-21-51(67)61-28-14-8-12-20-52(68)62-29-16-17-37-35-66(57(69)63-56(37)60)53-27-22-38(88-53)36-87-94(74,75)92-95(76,77)91-93(71,72)73/h7,10-11,18-19,23-26,31-35,38,53H,6,8-9,12-15,20-22,27-30,36H2,1-5H3,(H11-,60,61,62,63,67,68,69,70,71,72,73,74,75,76,77,78,79,80,81,82,83,84,85,86)/p+1. The second-order valence-corrected chi connectivity index (χ2v) is 33.3. The molecule has 40 heteroatoms. The number of anilines is 2. The summed E-state index contributed by atoms with van der Waals surface area (Å²) < 4.78 is 166. The zero-order chi connectivity index (χ0) is 72.8. The van der Waals surface area contributed by atoms with Crippen molar-refractivity contribution in [3.8, 4) is 11.8 Å². The van der Waals surface area contributed by atoms with E-state index in [1.807, 2.05) is 63.5 Å². The lowest BCUT2D eigenvalue weighted by Gasteiger charge is -2.26. The van der Waals surface area contributed by atoms with Crippen molar-refractivity contribution in [2.75, 3.05) is 43.4 Å². The summed E-state index contributed by atoms with van der Waals surface area (Å²) in [5, 5.41) is 19.5. The van der Waals surface area contributed by atoms with E-state index in [0.717, 1.165) is 27.2 Å². The second kappa shape index (κ2) is 31.5. The summed E-state index contributed by atoms with van der Waals surface area (Å²) in [6, 6.07) is 11.3. The first-order chi connectivity index (χ1) is 46.2. The van der Waals surface area contributed by atoms with Crippen LogP contribution in [0.2, 0.25) is 0 Å². The predicted octanol–water partition coefficient (Wildman–Crippen LogP) is 7.92. The van der Waals surface area contributed by atoms with Crippen LogP contribution < -0.4 is 27.0 Å². The fraction of sp³-hybridized carbons (Fsp3) is 0.407. The summed E-state index contributed by atoms with van der Waals surface area (Å²) in [7, 11) is -31.4. The Kier molecular flexibility index (Phi) is 24.9. The number of nitrogens with zero attached hydrogens (tertiary/aromatic N) is 4. The largest absolute Gasteiger partial charge is 0.490 e. The van der Waals surface area contributed by atoms with E-state index in [1.165, 1.54) is 30.5 Å². The van der Waals surface area contributed by atoms with E-state index in [9.17, 15) is 76.8 Å². The van der Waals surface area contributed by atoms with Crippen molar-refractivity contribution < 1.29 is 119 Å². The molecule has 1 saturated heterocycles. The van der Waals surface area contributed by atoms with Crippen LogP contribution in [0, 0.1) is 11.8 Å². The average molecular weight is 1520 g/mol. The number of hydrogen-bond donors (Lipinski definition) is 11. The van der Waals surface area contributed by atoms with Gasteiger partial charge in [0.25, 0.3) is 30.4 Å². The SMILES string of the molecule is CCN1C(=CC=CC=CC2=[N+](CCCCCC(=O)NCCCCCC(=O)NCC#Cc3cn(C4CCC(COP(=O)(O)OP(=O)(O)OP(=O)(O)O)O4)c(=O)nc3N)c3ccc4c(S(=O)(=O)O)cc(S(=O)(=O)O)cc4c3C2(C)C)C(C)(C)c2c1ccc1c(SOOO)cc(S(=O)(=O)O)cc21. The van der Waals surface area contributed by atoms with Crippen LogP contribution in [-0.2, 0) is 91.7 Å². The lowest BCUT2D eigenvalue weighted by molar-refractivity contribution is -0.438. The Morgan fingerprint density at radius 3 is 2.08 bits per heavy atom. The molecule has 8 rings (SSSR count). The monoisotopic (exact) mass is 1520 g/mol. The van der Waals surface area contributed by atoms with E-state index in [0.29, 0.717) is 98.3 Å². The van der Waals surface area contributed by atoms with Gasteiger partial charge in [-0.3, -0.25) is 32.3 Å². The molecule has 3 aliphatic heterocycles. The van der Waals surface area contributed by atoms with Crippen LogP contribution in [0.25, 0.3) is 21.5 Å². The number of ether oxygens (including phenoxy) is 1. The fourth-order valence-corrected chi connectivity index (χ4v) is 17.7. The second-order valence-electron chi connectivity index (χ2n) is 23.9. The minimum absolute atomic E-state index is 0.0211. The van der Waals surface area contributed by atoms with E-state index < -0.39 is 104 Å². The van der Waals surface area contributed by atoms with Crippen LogP contribution in [0.15, 0.2) is 115 Å². The number of benzene rings is 4. The maximum atomic E-state index is 13.0. The summed E-state index contributed by atoms with van der Waals surface area (Å²) in [6.45, 7) is 10.1. The van der Waals surface area contributed by atoms with Gasteiger partial charge in [-0.15, -0.1) is 4.33 Å². The number of aromatic nitrogens is 2. The van der Waals surface area contributed by atoms with Crippen LogP contribution >= 0.6 is 35.5 Å². The zero-order valence-corrected chi connectivity index (χ0v) is 59.6. The molecule has 2 amide bonds. The number of likely N-dealkylation sites (N-methyl/N-ethyl adjacent to an activating group) is 1. The molecule has 99 heavy (non-hydrogen) atoms. The maximum absolute atomic E-state index is 13.0. The molecule has 1 aromatic heterocycles. The van der Waals surface area contributed by atoms with Crippen molar-refractivity contribution in [2.24, 2.45) is 0 Å². The van der Waals surface area contributed by atoms with Gasteiger partial charge in [0, 0.05) is 83.3 Å². The van der Waals surface area contributed by atoms with Crippen LogP contribution in [0.4, 0.5) is 17.2 Å². The van der Waals surface area contributed by atoms with Crippen molar-refractivity contribution in [3.63, 3.8) is 0 Å². The lowest BCUT2D eigenvalue weighted by Crippen LogP contribution is -2.29. The average Bonchev–Trinajstić information content (AvgIpc) is 1.61. The first kappa shape index (κ1) is 78.3. The number of phosphoric acid groups is 3. The fourth-order valence-electron chi connectivity index (χ4n) is 12.1. The van der Waals surface area contributed by atoms with E-state index in [-0.39, 0.29) is 71.1 Å². The number of allylic oxidation sites excluding steroid dienone is 6. The Bertz CT molecular complexity index is 4780. The number of carbonyl (C=O) groups excluding carboxylic acids is 2. The van der Waals surface area contributed by atoms with E-state index in [1.54, 1.807) is 24.3 Å². The molecule has 12 N–H and O–H groups in total. The molecule has 4 unspecified atom stereocenters. The van der Waals surface area contributed by atoms with Gasteiger partial charge in [0.15, 0.2) is 5.71 Å². The highest BCUT2D eigenvalue weighted by molar-refractivity contribution is 7.94. The van der Waals surface area contributed by atoms with Crippen LogP contribution in [0.5, 0.6) is 0 Å². The van der Waals surface area contributed by atoms with Gasteiger partial charge >= 0.3 is 29.2 Å². The molecule has 4 aromatic carbocycles. The molecule has 4 atom stereocenters. The number of fused-ring (bicyclic) bond motifs is 6. The van der Waals surface area contributed by atoms with Gasteiger partial charge in [0.1, 0.15) is 23.5 Å². The highest BCUT2D eigenvalue weighted by Crippen LogP contribution is 2.66. The molecule has 3 aliphatic rings. The number of nitrogen functional groups attached to an aromatic ring is 1. The molecule has 0 bridgehead atoms. The van der Waals surface area contributed by atoms with Gasteiger partial charge in [0.05, 0.1) is 52.1 Å². The highest BCUT2D eigenvalue weighted by atomic mass is 32.2. The molecule has 0 spiro atoms. The number of carbonyl (C=O) groups is 2. The first-order valence-corrected chi connectivity index (χ1v) is 39.9. The molecule has 0 aliphatic carbocycles. The molecular weight excluding hydrogens is 1440 g/mol. The first-order valence-electron chi connectivity index (χ1n) is 30.3. The number of hydrogen-bond acceptors (Lipinski definition) is 23. The van der Waals surface area contributed by atoms with Crippen molar-refractivity contribution in [1.82, 2.24) is 20.2 Å². The number of unbranched alkanes of at least 4 members (excludes halogenated alkanes) is 4. The van der Waals surface area contributed by atoms with Crippen molar-refractivity contribution >= 4 is 122 Å². The molecule has 5 aromatic rings. The van der Waals surface area contributed by atoms with Crippen molar-refractivity contribution in [3.05, 3.63) is 118 Å². The minimum atomic E-state index is -5.74. The molecule has 33 nitrogen and oxygen atoms in total. The van der Waals surface area contributed by atoms with Crippen LogP contribution in [-0.4, -0.2) is 134 Å². The number of nitrogens with two attached hydrogens (primary N) is 1. The summed E-state index contributed by atoms with van der Waals surface area (Å²) in [6.07, 6.45) is 12.5. The van der Waals surface area contributed by atoms with Gasteiger partial charge in [0.2, 0.25) is 17.5 Å². The highest BCUT2D eigenvalue weighted by Gasteiger charge is 2.47. The molecular formula is C59H73N7O26P3S4+. The summed E-state index contributed by atoms with van der Waals surface area (Å²) >= 11 is 0.557. The predicted molar refractivity (Wildman–Crippen MR) is 359 cm³/mol. The Balaban J connectivity index is 0.853. The number of rotatable bonds is 31. The Morgan fingerprint density at radius 2 is 1.43 bits per heavy atom. The van der Waals surface area contributed by atoms with E-state index in [4.69, 9.17) is 25.5 Å². The van der Waals surface area contributed by atoms with Gasteiger partial charge in [-0.25, -0.2) is 23.7 Å². The smallest absolute Gasteiger partial charge is 0.382 e. The van der Waals surface area contributed by atoms with Crippen LogP contribution in [0.3, 0.4) is 0 Å². The summed E-state index contributed by atoms with van der Waals surface area (Å²) in [4.78, 5) is 79.0. The third-order valence-corrected chi connectivity index (χ3v) is 23.4. The molecule has 0 saturated carbocycles. The molecule has 4 heterocycles. The Hall–Kier alpha value is -6.40. The number of nitrogens with one attached hydrogen (secondary N) is 2. The molecule has 1 fully saturated rings.